The number of allylic oxidation sites excluding steroid dienone is 2. The van der Waals surface area contributed by atoms with Crippen LogP contribution in [-0.2, 0) is 19.1 Å². The highest BCUT2D eigenvalue weighted by atomic mass is 16.6. The second-order valence-corrected chi connectivity index (χ2v) is 16.3. The van der Waals surface area contributed by atoms with Gasteiger partial charge in [-0.3, -0.25) is 9.59 Å². The van der Waals surface area contributed by atoms with E-state index in [1.165, 1.54) is 19.4 Å². The first-order valence-corrected chi connectivity index (χ1v) is 15.9. The summed E-state index contributed by atoms with van der Waals surface area (Å²) in [6, 6.07) is 0. The molecule has 4 fully saturated rings. The van der Waals surface area contributed by atoms with E-state index in [9.17, 15) is 24.9 Å². The van der Waals surface area contributed by atoms with Crippen LogP contribution in [-0.4, -0.2) is 58.8 Å². The fraction of sp³-hybridized carbons (Fsp3) is 0.882. The molecule has 7 heteroatoms. The minimum Gasteiger partial charge on any atom is -0.465 e. The SMILES string of the molecule is CC(=O)OC[C@@]12[C@H](O)C[C@]3(C)C(=CC[C@H]4[C@@]5(C)CC[C@H](O)[C@@](C)(CO)[C@H]5CC[C@]43C)[C@@H]1CC(C)(C)C[C@H]2OC(C)=O. The highest BCUT2D eigenvalue weighted by molar-refractivity contribution is 5.67. The van der Waals surface area contributed by atoms with Gasteiger partial charge < -0.3 is 24.8 Å². The van der Waals surface area contributed by atoms with Gasteiger partial charge in [-0.15, -0.1) is 0 Å². The first kappa shape index (κ1) is 31.0. The van der Waals surface area contributed by atoms with Crippen LogP contribution in [0.3, 0.4) is 0 Å². The van der Waals surface area contributed by atoms with Gasteiger partial charge in [0, 0.05) is 19.3 Å². The third kappa shape index (κ3) is 4.22. The van der Waals surface area contributed by atoms with Gasteiger partial charge in [0.15, 0.2) is 0 Å². The molecule has 0 aromatic carbocycles. The summed E-state index contributed by atoms with van der Waals surface area (Å²) in [7, 11) is 0. The van der Waals surface area contributed by atoms with E-state index in [0.717, 1.165) is 32.1 Å². The molecule has 0 spiro atoms. The van der Waals surface area contributed by atoms with Crippen LogP contribution >= 0.6 is 0 Å². The van der Waals surface area contributed by atoms with E-state index in [0.29, 0.717) is 25.2 Å². The number of hydrogen-bond acceptors (Lipinski definition) is 7. The van der Waals surface area contributed by atoms with E-state index in [2.05, 4.69) is 47.6 Å². The molecule has 5 rings (SSSR count). The van der Waals surface area contributed by atoms with Crippen molar-refractivity contribution in [1.29, 1.82) is 0 Å². The number of carbonyl (C=O) groups excluding carboxylic acids is 2. The molecule has 232 valence electrons. The lowest BCUT2D eigenvalue weighted by Gasteiger charge is -2.72. The van der Waals surface area contributed by atoms with Crippen LogP contribution in [0.2, 0.25) is 0 Å². The zero-order valence-electron chi connectivity index (χ0n) is 26.6. The molecule has 0 saturated heterocycles. The molecule has 41 heavy (non-hydrogen) atoms. The third-order valence-corrected chi connectivity index (χ3v) is 13.8. The lowest BCUT2D eigenvalue weighted by atomic mass is 9.33. The van der Waals surface area contributed by atoms with Crippen molar-refractivity contribution in [3.8, 4) is 0 Å². The van der Waals surface area contributed by atoms with E-state index in [4.69, 9.17) is 9.47 Å². The summed E-state index contributed by atoms with van der Waals surface area (Å²) in [5.74, 6) is -0.305. The summed E-state index contributed by atoms with van der Waals surface area (Å²) in [5, 5.41) is 33.8. The number of fused-ring (bicyclic) bond motifs is 7. The predicted molar refractivity (Wildman–Crippen MR) is 155 cm³/mol. The van der Waals surface area contributed by atoms with Crippen LogP contribution < -0.4 is 0 Å². The summed E-state index contributed by atoms with van der Waals surface area (Å²) in [4.78, 5) is 24.5. The largest absolute Gasteiger partial charge is 0.465 e. The van der Waals surface area contributed by atoms with Crippen molar-refractivity contribution >= 4 is 11.9 Å². The molecule has 0 aromatic rings. The first-order valence-electron chi connectivity index (χ1n) is 15.9. The van der Waals surface area contributed by atoms with Crippen LogP contribution in [0.5, 0.6) is 0 Å². The van der Waals surface area contributed by atoms with Crippen molar-refractivity contribution in [1.82, 2.24) is 0 Å². The number of ether oxygens (including phenoxy) is 2. The van der Waals surface area contributed by atoms with Gasteiger partial charge in [0.25, 0.3) is 0 Å². The Kier molecular flexibility index (Phi) is 7.40. The maximum Gasteiger partial charge on any atom is 0.302 e. The number of rotatable bonds is 4. The average Bonchev–Trinajstić information content (AvgIpc) is 2.85. The van der Waals surface area contributed by atoms with Gasteiger partial charge in [0.05, 0.1) is 24.2 Å². The Balaban J connectivity index is 1.64. The molecule has 4 saturated carbocycles. The molecule has 0 bridgehead atoms. The second kappa shape index (κ2) is 9.79. The maximum absolute atomic E-state index is 12.4. The number of esters is 2. The molecule has 0 aromatic heterocycles. The molecule has 0 heterocycles. The van der Waals surface area contributed by atoms with E-state index >= 15 is 0 Å². The highest BCUT2D eigenvalue weighted by Crippen LogP contribution is 2.75. The van der Waals surface area contributed by atoms with Crippen LogP contribution in [0.4, 0.5) is 0 Å². The zero-order chi connectivity index (χ0) is 30.4. The second-order valence-electron chi connectivity index (χ2n) is 16.3. The summed E-state index contributed by atoms with van der Waals surface area (Å²) in [5.41, 5.74) is -0.656. The smallest absolute Gasteiger partial charge is 0.302 e. The van der Waals surface area contributed by atoms with Crippen LogP contribution in [0, 0.1) is 50.2 Å². The Morgan fingerprint density at radius 2 is 1.59 bits per heavy atom. The third-order valence-electron chi connectivity index (χ3n) is 13.8. The summed E-state index contributed by atoms with van der Waals surface area (Å²) >= 11 is 0. The number of carbonyl (C=O) groups is 2. The molecule has 5 aliphatic carbocycles. The van der Waals surface area contributed by atoms with Crippen LogP contribution in [0.25, 0.3) is 0 Å². The first-order chi connectivity index (χ1) is 18.9. The van der Waals surface area contributed by atoms with E-state index < -0.39 is 35.1 Å². The monoisotopic (exact) mass is 574 g/mol. The normalized spacial score (nSPS) is 50.3. The fourth-order valence-electron chi connectivity index (χ4n) is 11.5. The van der Waals surface area contributed by atoms with E-state index in [1.54, 1.807) is 0 Å². The van der Waals surface area contributed by atoms with Crippen molar-refractivity contribution in [2.75, 3.05) is 13.2 Å². The Morgan fingerprint density at radius 3 is 2.20 bits per heavy atom. The van der Waals surface area contributed by atoms with Gasteiger partial charge >= 0.3 is 11.9 Å². The molecule has 7 nitrogen and oxygen atoms in total. The lowest BCUT2D eigenvalue weighted by molar-refractivity contribution is -0.245. The van der Waals surface area contributed by atoms with Crippen molar-refractivity contribution in [3.05, 3.63) is 11.6 Å². The standard InChI is InChI=1S/C34H54O7/c1-20(36)40-19-34-23(15-29(3,4)17-28(34)41-21(2)37)22-9-10-25-30(5)13-12-26(38)31(6,18-35)24(30)11-14-32(25,7)33(22,8)16-27(34)39/h9,23-28,35,38-39H,10-19H2,1-8H3/t23-,24-,25-,26-,27+,28+,30-,31-,32+,33+,34-/m0/s1. The quantitative estimate of drug-likeness (QED) is 0.313. The van der Waals surface area contributed by atoms with Crippen molar-refractivity contribution in [3.63, 3.8) is 0 Å². The number of hydrogen-bond donors (Lipinski definition) is 3. The van der Waals surface area contributed by atoms with Gasteiger partial charge in [-0.1, -0.05) is 53.2 Å². The Bertz CT molecular complexity index is 1110. The Hall–Kier alpha value is -1.44. The van der Waals surface area contributed by atoms with E-state index in [1.807, 2.05) is 0 Å². The van der Waals surface area contributed by atoms with Crippen molar-refractivity contribution < 1.29 is 34.4 Å². The molecule has 5 aliphatic rings. The van der Waals surface area contributed by atoms with Crippen molar-refractivity contribution in [2.45, 2.75) is 125 Å². The molecule has 11 atom stereocenters. The van der Waals surface area contributed by atoms with E-state index in [-0.39, 0.29) is 52.7 Å². The summed E-state index contributed by atoms with van der Waals surface area (Å²) < 4.78 is 11.7. The molecule has 3 N–H and O–H groups in total. The predicted octanol–water partition coefficient (Wildman–Crippen LogP) is 5.20. The number of aliphatic hydroxyl groups excluding tert-OH is 3. The minimum absolute atomic E-state index is 0.0116. The highest BCUT2D eigenvalue weighted by Gasteiger charge is 2.72. The molecule has 0 radical (unpaired) electrons. The number of aliphatic hydroxyl groups is 3. The van der Waals surface area contributed by atoms with Gasteiger partial charge in [-0.25, -0.2) is 0 Å². The Morgan fingerprint density at radius 1 is 0.902 bits per heavy atom. The van der Waals surface area contributed by atoms with Crippen LogP contribution in [0.15, 0.2) is 11.6 Å². The zero-order valence-corrected chi connectivity index (χ0v) is 26.6. The van der Waals surface area contributed by atoms with Gasteiger partial charge in [0.2, 0.25) is 0 Å². The summed E-state index contributed by atoms with van der Waals surface area (Å²) in [6.45, 7) is 16.5. The van der Waals surface area contributed by atoms with Gasteiger partial charge in [-0.2, -0.15) is 0 Å². The maximum atomic E-state index is 12.4. The lowest BCUT2D eigenvalue weighted by Crippen LogP contribution is -2.70. The molecule has 0 amide bonds. The van der Waals surface area contributed by atoms with Crippen molar-refractivity contribution in [2.24, 2.45) is 50.2 Å². The summed E-state index contributed by atoms with van der Waals surface area (Å²) in [6.07, 6.45) is 6.92. The Labute approximate surface area is 246 Å². The van der Waals surface area contributed by atoms with Crippen LogP contribution in [0.1, 0.15) is 107 Å². The molecule has 0 unspecified atom stereocenters. The fourth-order valence-corrected chi connectivity index (χ4v) is 11.5. The van der Waals surface area contributed by atoms with Gasteiger partial charge in [-0.05, 0) is 90.8 Å². The molecular weight excluding hydrogens is 520 g/mol. The minimum atomic E-state index is -0.896. The molecule has 0 aliphatic heterocycles. The van der Waals surface area contributed by atoms with Gasteiger partial charge in [0.1, 0.15) is 12.7 Å². The topological polar surface area (TPSA) is 113 Å². The molecular formula is C34H54O7. The average molecular weight is 575 g/mol.